The molecule has 2 aliphatic heterocycles. The third-order valence-corrected chi connectivity index (χ3v) is 5.88. The Morgan fingerprint density at radius 1 is 1.31 bits per heavy atom. The largest absolute Gasteiger partial charge is 0.490 e. The lowest BCUT2D eigenvalue weighted by atomic mass is 10.00. The summed E-state index contributed by atoms with van der Waals surface area (Å²) in [6, 6.07) is 9.33. The fraction of sp³-hybridized carbons (Fsp3) is 0.409. The molecule has 1 aromatic heterocycles. The molecule has 152 valence electrons. The third-order valence-electron chi connectivity index (χ3n) is 5.63. The highest BCUT2D eigenvalue weighted by atomic mass is 35.5. The van der Waals surface area contributed by atoms with Gasteiger partial charge in [0, 0.05) is 61.2 Å². The highest BCUT2D eigenvalue weighted by Gasteiger charge is 2.37. The number of nitrogens with one attached hydrogen (secondary N) is 1. The summed E-state index contributed by atoms with van der Waals surface area (Å²) in [5, 5.41) is 3.54. The number of rotatable bonds is 5. The second-order valence-electron chi connectivity index (χ2n) is 7.69. The van der Waals surface area contributed by atoms with Gasteiger partial charge in [-0.15, -0.1) is 0 Å². The van der Waals surface area contributed by atoms with Gasteiger partial charge in [0.1, 0.15) is 17.5 Å². The quantitative estimate of drug-likeness (QED) is 0.814. The summed E-state index contributed by atoms with van der Waals surface area (Å²) in [7, 11) is 0. The minimum Gasteiger partial charge on any atom is -0.490 e. The van der Waals surface area contributed by atoms with E-state index in [2.05, 4.69) is 10.3 Å². The Balaban J connectivity index is 1.38. The van der Waals surface area contributed by atoms with Gasteiger partial charge in [-0.1, -0.05) is 23.7 Å². The van der Waals surface area contributed by atoms with Crippen LogP contribution in [-0.2, 0) is 11.3 Å². The summed E-state index contributed by atoms with van der Waals surface area (Å²) >= 11 is 5.89. The Morgan fingerprint density at radius 3 is 2.90 bits per heavy atom. The number of fused-ring (bicyclic) bond motifs is 1. The van der Waals surface area contributed by atoms with Crippen molar-refractivity contribution >= 4 is 23.4 Å². The first-order chi connectivity index (χ1) is 14.0. The number of pyridine rings is 1. The zero-order valence-electron chi connectivity index (χ0n) is 16.4. The second-order valence-corrected chi connectivity index (χ2v) is 8.12. The Morgan fingerprint density at radius 2 is 2.10 bits per heavy atom. The lowest BCUT2D eigenvalue weighted by Crippen LogP contribution is -2.44. The van der Waals surface area contributed by atoms with Gasteiger partial charge in [0.2, 0.25) is 5.91 Å². The molecular weight excluding hydrogens is 390 g/mol. The lowest BCUT2D eigenvalue weighted by Gasteiger charge is -2.35. The Kier molecular flexibility index (Phi) is 5.72. The number of aromatic nitrogens is 1. The third kappa shape index (κ3) is 4.53. The van der Waals surface area contributed by atoms with Crippen molar-refractivity contribution in [1.29, 1.82) is 0 Å². The van der Waals surface area contributed by atoms with Gasteiger partial charge in [-0.25, -0.2) is 0 Å². The van der Waals surface area contributed by atoms with Gasteiger partial charge >= 0.3 is 0 Å². The average molecular weight is 414 g/mol. The molecule has 0 aliphatic carbocycles. The van der Waals surface area contributed by atoms with Gasteiger partial charge in [0.15, 0.2) is 0 Å². The zero-order chi connectivity index (χ0) is 20.4. The van der Waals surface area contributed by atoms with E-state index in [4.69, 9.17) is 16.3 Å². The second kappa shape index (κ2) is 8.41. The molecule has 2 atom stereocenters. The summed E-state index contributed by atoms with van der Waals surface area (Å²) in [4.78, 5) is 30.6. The molecule has 2 aromatic rings. The van der Waals surface area contributed by atoms with Crippen molar-refractivity contribution in [1.82, 2.24) is 15.2 Å². The number of piperidine rings is 1. The van der Waals surface area contributed by atoms with Gasteiger partial charge < -0.3 is 15.0 Å². The summed E-state index contributed by atoms with van der Waals surface area (Å²) in [5.41, 5.74) is 2.18. The van der Waals surface area contributed by atoms with Crippen LogP contribution in [0.3, 0.4) is 0 Å². The Labute approximate surface area is 175 Å². The molecule has 3 heterocycles. The molecule has 1 N–H and O–H groups in total. The van der Waals surface area contributed by atoms with Crippen LogP contribution in [0.25, 0.3) is 0 Å². The first-order valence-corrected chi connectivity index (χ1v) is 10.3. The van der Waals surface area contributed by atoms with Crippen molar-refractivity contribution in [2.45, 2.75) is 51.3 Å². The highest BCUT2D eigenvalue weighted by molar-refractivity contribution is 6.30. The molecule has 2 saturated heterocycles. The summed E-state index contributed by atoms with van der Waals surface area (Å²) in [6.07, 6.45) is 4.91. The topological polar surface area (TPSA) is 71.5 Å². The summed E-state index contributed by atoms with van der Waals surface area (Å²) in [5.74, 6) is 0.689. The van der Waals surface area contributed by atoms with E-state index in [1.54, 1.807) is 24.4 Å². The van der Waals surface area contributed by atoms with E-state index >= 15 is 0 Å². The number of hydrogen-bond acceptors (Lipinski definition) is 4. The molecule has 4 rings (SSSR count). The van der Waals surface area contributed by atoms with Crippen molar-refractivity contribution < 1.29 is 14.3 Å². The monoisotopic (exact) mass is 413 g/mol. The molecule has 0 saturated carbocycles. The van der Waals surface area contributed by atoms with Crippen LogP contribution in [0, 0.1) is 6.92 Å². The Bertz CT molecular complexity index is 916. The number of hydrogen-bond donors (Lipinski definition) is 1. The minimum absolute atomic E-state index is 0.0493. The maximum absolute atomic E-state index is 12.5. The van der Waals surface area contributed by atoms with Crippen molar-refractivity contribution in [3.63, 3.8) is 0 Å². The summed E-state index contributed by atoms with van der Waals surface area (Å²) in [6.45, 7) is 3.06. The van der Waals surface area contributed by atoms with Crippen LogP contribution in [0.2, 0.25) is 5.02 Å². The number of ether oxygens (including phenoxy) is 1. The standard InChI is InChI=1S/C22H24ClN3O3/c1-14-12-24-19(22(28)25-13-15-2-4-16(23)5-3-15)11-20(14)29-18-8-9-26-17(10-18)6-7-21(26)27/h2-5,11-12,17-18H,6-10,13H2,1H3,(H,25,28)/t17-,18+/m1/s1. The Hall–Kier alpha value is -2.60. The molecule has 7 heteroatoms. The number of carbonyl (C=O) groups is 2. The van der Waals surface area contributed by atoms with Crippen LogP contribution in [-0.4, -0.2) is 40.4 Å². The molecule has 2 fully saturated rings. The number of nitrogens with zero attached hydrogens (tertiary/aromatic N) is 2. The SMILES string of the molecule is Cc1cnc(C(=O)NCc2ccc(Cl)cc2)cc1O[C@H]1CCN2C(=O)CC[C@@H]2C1. The van der Waals surface area contributed by atoms with Crippen LogP contribution in [0.5, 0.6) is 5.75 Å². The molecule has 0 unspecified atom stereocenters. The van der Waals surface area contributed by atoms with Crippen molar-refractivity contribution in [3.05, 3.63) is 58.4 Å². The number of benzene rings is 1. The number of amides is 2. The fourth-order valence-corrected chi connectivity index (χ4v) is 4.09. The molecule has 0 radical (unpaired) electrons. The molecule has 2 aliphatic rings. The van der Waals surface area contributed by atoms with Crippen LogP contribution in [0.4, 0.5) is 0 Å². The summed E-state index contributed by atoms with van der Waals surface area (Å²) < 4.78 is 6.22. The highest BCUT2D eigenvalue weighted by Crippen LogP contribution is 2.31. The van der Waals surface area contributed by atoms with E-state index in [0.717, 1.165) is 36.9 Å². The molecular formula is C22H24ClN3O3. The molecule has 1 aromatic carbocycles. The minimum atomic E-state index is -0.249. The maximum atomic E-state index is 12.5. The molecule has 6 nitrogen and oxygen atoms in total. The van der Waals surface area contributed by atoms with Crippen molar-refractivity contribution in [2.75, 3.05) is 6.54 Å². The number of halogens is 1. The van der Waals surface area contributed by atoms with E-state index in [0.29, 0.717) is 29.4 Å². The molecule has 0 spiro atoms. The molecule has 29 heavy (non-hydrogen) atoms. The van der Waals surface area contributed by atoms with E-state index in [1.807, 2.05) is 24.0 Å². The lowest BCUT2D eigenvalue weighted by molar-refractivity contribution is -0.130. The van der Waals surface area contributed by atoms with E-state index < -0.39 is 0 Å². The van der Waals surface area contributed by atoms with Gasteiger partial charge in [-0.3, -0.25) is 14.6 Å². The van der Waals surface area contributed by atoms with Gasteiger partial charge in [0.05, 0.1) is 0 Å². The first kappa shape index (κ1) is 19.7. The van der Waals surface area contributed by atoms with E-state index in [9.17, 15) is 9.59 Å². The smallest absolute Gasteiger partial charge is 0.270 e. The predicted octanol–water partition coefficient (Wildman–Crippen LogP) is 3.51. The number of carbonyl (C=O) groups excluding carboxylic acids is 2. The van der Waals surface area contributed by atoms with Crippen molar-refractivity contribution in [3.8, 4) is 5.75 Å². The van der Waals surface area contributed by atoms with Crippen LogP contribution in [0.1, 0.15) is 47.3 Å². The van der Waals surface area contributed by atoms with E-state index in [-0.39, 0.29) is 24.0 Å². The molecule has 0 bridgehead atoms. The predicted molar refractivity (Wildman–Crippen MR) is 110 cm³/mol. The average Bonchev–Trinajstić information content (AvgIpc) is 3.09. The maximum Gasteiger partial charge on any atom is 0.270 e. The van der Waals surface area contributed by atoms with Crippen molar-refractivity contribution in [2.24, 2.45) is 0 Å². The van der Waals surface area contributed by atoms with Gasteiger partial charge in [0.25, 0.3) is 5.91 Å². The van der Waals surface area contributed by atoms with Crippen LogP contribution in [0.15, 0.2) is 36.5 Å². The number of aryl methyl sites for hydroxylation is 1. The fourth-order valence-electron chi connectivity index (χ4n) is 3.97. The zero-order valence-corrected chi connectivity index (χ0v) is 17.1. The normalized spacial score (nSPS) is 21.0. The van der Waals surface area contributed by atoms with Gasteiger partial charge in [-0.2, -0.15) is 0 Å². The van der Waals surface area contributed by atoms with Crippen LogP contribution < -0.4 is 10.1 Å². The van der Waals surface area contributed by atoms with Crippen LogP contribution >= 0.6 is 11.6 Å². The first-order valence-electron chi connectivity index (χ1n) is 9.95. The van der Waals surface area contributed by atoms with Gasteiger partial charge in [-0.05, 0) is 31.0 Å². The molecule has 2 amide bonds. The van der Waals surface area contributed by atoms with E-state index in [1.165, 1.54) is 0 Å².